The molecule has 0 bridgehead atoms. The van der Waals surface area contributed by atoms with Crippen molar-refractivity contribution in [1.82, 2.24) is 0 Å². The summed E-state index contributed by atoms with van der Waals surface area (Å²) in [6.45, 7) is 8.75. The Labute approximate surface area is 95.5 Å². The molecule has 0 heterocycles. The minimum absolute atomic E-state index is 0.0437. The van der Waals surface area contributed by atoms with E-state index in [4.69, 9.17) is 0 Å². The molecule has 0 N–H and O–H groups in total. The molecule has 1 unspecified atom stereocenters. The maximum absolute atomic E-state index is 12.7. The van der Waals surface area contributed by atoms with E-state index in [2.05, 4.69) is 6.58 Å². The molecule has 0 aromatic heterocycles. The summed E-state index contributed by atoms with van der Waals surface area (Å²) in [5.74, 6) is -1.41. The van der Waals surface area contributed by atoms with Gasteiger partial charge in [0.1, 0.15) is 0 Å². The Hall–Kier alpha value is -0.990. The fourth-order valence-electron chi connectivity index (χ4n) is 1.56. The van der Waals surface area contributed by atoms with E-state index in [0.717, 1.165) is 12.0 Å². The van der Waals surface area contributed by atoms with Crippen LogP contribution >= 0.6 is 0 Å². The van der Waals surface area contributed by atoms with Gasteiger partial charge in [0.25, 0.3) is 0 Å². The van der Waals surface area contributed by atoms with Crippen LogP contribution < -0.4 is 0 Å². The summed E-state index contributed by atoms with van der Waals surface area (Å²) in [4.78, 5) is 0. The number of hydrogen-bond donors (Lipinski definition) is 0. The van der Waals surface area contributed by atoms with Gasteiger partial charge in [-0.25, -0.2) is 0 Å². The van der Waals surface area contributed by atoms with Crippen LogP contribution in [0.15, 0.2) is 36.0 Å². The van der Waals surface area contributed by atoms with Crippen LogP contribution in [0.1, 0.15) is 33.6 Å². The Bertz CT molecular complexity index is 282. The Morgan fingerprint density at radius 2 is 1.88 bits per heavy atom. The molecule has 1 atom stereocenters. The van der Waals surface area contributed by atoms with Crippen molar-refractivity contribution < 1.29 is 13.2 Å². The molecule has 0 amide bonds. The van der Waals surface area contributed by atoms with E-state index in [-0.39, 0.29) is 12.0 Å². The van der Waals surface area contributed by atoms with Gasteiger partial charge in [-0.2, -0.15) is 13.2 Å². The maximum Gasteiger partial charge on any atom is 0.395 e. The zero-order chi connectivity index (χ0) is 12.8. The van der Waals surface area contributed by atoms with E-state index >= 15 is 0 Å². The zero-order valence-electron chi connectivity index (χ0n) is 10.1. The number of halogens is 3. The second kappa shape index (κ2) is 6.56. The lowest BCUT2D eigenvalue weighted by Crippen LogP contribution is -2.23. The Morgan fingerprint density at radius 3 is 2.12 bits per heavy atom. The molecule has 0 aliphatic rings. The highest BCUT2D eigenvalue weighted by molar-refractivity contribution is 5.31. The molecule has 0 rings (SSSR count). The van der Waals surface area contributed by atoms with Crippen LogP contribution in [0.25, 0.3) is 0 Å². The number of rotatable bonds is 5. The first-order valence-corrected chi connectivity index (χ1v) is 5.46. The van der Waals surface area contributed by atoms with Crippen LogP contribution in [-0.4, -0.2) is 6.18 Å². The van der Waals surface area contributed by atoms with Crippen LogP contribution in [0, 0.1) is 5.92 Å². The highest BCUT2D eigenvalue weighted by Crippen LogP contribution is 2.35. The van der Waals surface area contributed by atoms with Crippen molar-refractivity contribution >= 4 is 0 Å². The molecule has 0 nitrogen and oxygen atoms in total. The van der Waals surface area contributed by atoms with Crippen molar-refractivity contribution in [2.45, 2.75) is 39.8 Å². The largest absolute Gasteiger partial charge is 0.395 e. The van der Waals surface area contributed by atoms with Crippen LogP contribution in [0.5, 0.6) is 0 Å². The molecule has 0 aromatic rings. The summed E-state index contributed by atoms with van der Waals surface area (Å²) >= 11 is 0. The average Bonchev–Trinajstić information content (AvgIpc) is 2.22. The molecule has 0 spiro atoms. The summed E-state index contributed by atoms with van der Waals surface area (Å²) in [7, 11) is 0. The molecule has 0 radical (unpaired) electrons. The third-order valence-electron chi connectivity index (χ3n) is 2.57. The molecule has 0 aliphatic heterocycles. The SMILES string of the molecule is C=C/C(=C\C(=C/C)CC)C(CC)C(F)(F)F. The number of hydrogen-bond acceptors (Lipinski definition) is 0. The Kier molecular flexibility index (Phi) is 6.16. The molecule has 16 heavy (non-hydrogen) atoms. The first kappa shape index (κ1) is 15.0. The van der Waals surface area contributed by atoms with Gasteiger partial charge in [0, 0.05) is 0 Å². The van der Waals surface area contributed by atoms with E-state index < -0.39 is 12.1 Å². The average molecular weight is 232 g/mol. The van der Waals surface area contributed by atoms with Crippen molar-refractivity contribution in [3.05, 3.63) is 36.0 Å². The van der Waals surface area contributed by atoms with E-state index in [9.17, 15) is 13.2 Å². The summed E-state index contributed by atoms with van der Waals surface area (Å²) < 4.78 is 38.1. The number of allylic oxidation sites excluding steroid dienone is 5. The second-order valence-electron chi connectivity index (χ2n) is 3.57. The van der Waals surface area contributed by atoms with Gasteiger partial charge >= 0.3 is 6.18 Å². The number of alkyl halides is 3. The second-order valence-corrected chi connectivity index (χ2v) is 3.57. The van der Waals surface area contributed by atoms with Gasteiger partial charge in [-0.3, -0.25) is 0 Å². The molecule has 0 fully saturated rings. The van der Waals surface area contributed by atoms with Crippen LogP contribution in [-0.2, 0) is 0 Å². The smallest absolute Gasteiger partial charge is 0.170 e. The van der Waals surface area contributed by atoms with Gasteiger partial charge in [0.05, 0.1) is 5.92 Å². The summed E-state index contributed by atoms with van der Waals surface area (Å²) in [6.07, 6.45) is 1.30. The van der Waals surface area contributed by atoms with Crippen molar-refractivity contribution in [2.24, 2.45) is 5.92 Å². The lowest BCUT2D eigenvalue weighted by atomic mass is 9.93. The molecule has 0 saturated heterocycles. The maximum atomic E-state index is 12.7. The molecular formula is C13H19F3. The summed E-state index contributed by atoms with van der Waals surface area (Å²) in [5.41, 5.74) is 1.16. The van der Waals surface area contributed by atoms with Gasteiger partial charge in [0.15, 0.2) is 0 Å². The first-order chi connectivity index (χ1) is 7.40. The Morgan fingerprint density at radius 1 is 1.31 bits per heavy atom. The standard InChI is InChI=1S/C13H19F3/c1-5-10(6-2)9-11(7-3)12(8-4)13(14,15)16/h5,7,9,12H,3,6,8H2,1-2,4H3/b10-5-,11-9+. The van der Waals surface area contributed by atoms with E-state index in [1.807, 2.05) is 19.9 Å². The normalized spacial score (nSPS) is 16.1. The van der Waals surface area contributed by atoms with E-state index in [1.54, 1.807) is 6.08 Å². The molecule has 0 aliphatic carbocycles. The van der Waals surface area contributed by atoms with E-state index in [1.165, 1.54) is 13.0 Å². The highest BCUT2D eigenvalue weighted by atomic mass is 19.4. The van der Waals surface area contributed by atoms with Crippen molar-refractivity contribution in [3.63, 3.8) is 0 Å². The van der Waals surface area contributed by atoms with Gasteiger partial charge in [-0.15, -0.1) is 0 Å². The van der Waals surface area contributed by atoms with Gasteiger partial charge in [-0.05, 0) is 25.3 Å². The van der Waals surface area contributed by atoms with Gasteiger partial charge in [-0.1, -0.05) is 44.2 Å². The van der Waals surface area contributed by atoms with Crippen molar-refractivity contribution in [2.75, 3.05) is 0 Å². The third-order valence-corrected chi connectivity index (χ3v) is 2.57. The minimum atomic E-state index is -4.19. The summed E-state index contributed by atoms with van der Waals surface area (Å²) in [6, 6.07) is 0. The molecular weight excluding hydrogens is 213 g/mol. The minimum Gasteiger partial charge on any atom is -0.170 e. The Balaban J connectivity index is 5.18. The van der Waals surface area contributed by atoms with Crippen molar-refractivity contribution in [3.8, 4) is 0 Å². The van der Waals surface area contributed by atoms with Crippen LogP contribution in [0.3, 0.4) is 0 Å². The highest BCUT2D eigenvalue weighted by Gasteiger charge is 2.39. The topological polar surface area (TPSA) is 0 Å². The zero-order valence-corrected chi connectivity index (χ0v) is 10.1. The molecule has 3 heteroatoms. The van der Waals surface area contributed by atoms with E-state index in [0.29, 0.717) is 0 Å². The molecule has 0 aromatic carbocycles. The molecule has 92 valence electrons. The predicted molar refractivity (Wildman–Crippen MR) is 62.2 cm³/mol. The lowest BCUT2D eigenvalue weighted by molar-refractivity contribution is -0.163. The fraction of sp³-hybridized carbons (Fsp3) is 0.538. The monoisotopic (exact) mass is 232 g/mol. The molecule has 0 saturated carbocycles. The van der Waals surface area contributed by atoms with Gasteiger partial charge < -0.3 is 0 Å². The first-order valence-electron chi connectivity index (χ1n) is 5.46. The fourth-order valence-corrected chi connectivity index (χ4v) is 1.56. The summed E-state index contributed by atoms with van der Waals surface area (Å²) in [5, 5.41) is 0. The third kappa shape index (κ3) is 4.25. The predicted octanol–water partition coefficient (Wildman–Crippen LogP) is 5.04. The lowest BCUT2D eigenvalue weighted by Gasteiger charge is -2.20. The van der Waals surface area contributed by atoms with Crippen LogP contribution in [0.2, 0.25) is 0 Å². The van der Waals surface area contributed by atoms with Crippen LogP contribution in [0.4, 0.5) is 13.2 Å². The quantitative estimate of drug-likeness (QED) is 0.582. The van der Waals surface area contributed by atoms with Crippen molar-refractivity contribution in [1.29, 1.82) is 0 Å². The van der Waals surface area contributed by atoms with Gasteiger partial charge in [0.2, 0.25) is 0 Å².